The van der Waals surface area contributed by atoms with Crippen molar-refractivity contribution in [3.63, 3.8) is 0 Å². The minimum atomic E-state index is -0.0149. The number of nitrogens with one attached hydrogen (secondary N) is 1. The second kappa shape index (κ2) is 7.90. The number of carbonyl (C=O) groups excluding carboxylic acids is 1. The molecule has 1 aromatic carbocycles. The van der Waals surface area contributed by atoms with Crippen LogP contribution in [0.4, 0.5) is 5.95 Å². The summed E-state index contributed by atoms with van der Waals surface area (Å²) in [5.41, 5.74) is 0.837. The van der Waals surface area contributed by atoms with E-state index in [9.17, 15) is 4.79 Å². The van der Waals surface area contributed by atoms with Gasteiger partial charge in [-0.1, -0.05) is 35.5 Å². The van der Waals surface area contributed by atoms with Crippen LogP contribution in [-0.2, 0) is 4.79 Å². The molecule has 1 N–H and O–H groups in total. The first kappa shape index (κ1) is 17.1. The van der Waals surface area contributed by atoms with Crippen molar-refractivity contribution < 1.29 is 4.79 Å². The van der Waals surface area contributed by atoms with Crippen LogP contribution in [0.3, 0.4) is 0 Å². The van der Waals surface area contributed by atoms with Crippen molar-refractivity contribution in [3.8, 4) is 5.69 Å². The highest BCUT2D eigenvalue weighted by Gasteiger charge is 2.23. The molecule has 3 rings (SSSR count). The summed E-state index contributed by atoms with van der Waals surface area (Å²) in [4.78, 5) is 14.0. The lowest BCUT2D eigenvalue weighted by atomic mass is 10.3. The maximum absolute atomic E-state index is 11.8. The fourth-order valence-corrected chi connectivity index (χ4v) is 3.69. The SMILES string of the molecule is CCNC(=O)CSc1nnc(N2CCCC2)n1-c1ccccc1Cl. The highest BCUT2D eigenvalue weighted by atomic mass is 35.5. The molecule has 0 saturated carbocycles. The standard InChI is InChI=1S/C16H20ClN5OS/c1-2-18-14(23)11-24-16-20-19-15(21-9-5-6-10-21)22(16)13-8-4-3-7-12(13)17/h3-4,7-8H,2,5-6,9-11H2,1H3,(H,18,23). The van der Waals surface area contributed by atoms with Crippen molar-refractivity contribution in [2.75, 3.05) is 30.3 Å². The van der Waals surface area contributed by atoms with Crippen molar-refractivity contribution in [1.29, 1.82) is 0 Å². The number of benzene rings is 1. The monoisotopic (exact) mass is 365 g/mol. The van der Waals surface area contributed by atoms with E-state index in [1.54, 1.807) is 0 Å². The molecule has 1 saturated heterocycles. The molecule has 8 heteroatoms. The van der Waals surface area contributed by atoms with Gasteiger partial charge in [0.15, 0.2) is 5.16 Å². The van der Waals surface area contributed by atoms with Gasteiger partial charge >= 0.3 is 0 Å². The zero-order valence-electron chi connectivity index (χ0n) is 13.5. The van der Waals surface area contributed by atoms with Crippen LogP contribution in [0.2, 0.25) is 5.02 Å². The number of carbonyl (C=O) groups is 1. The summed E-state index contributed by atoms with van der Waals surface area (Å²) in [6.45, 7) is 4.45. The Bertz CT molecular complexity index is 714. The van der Waals surface area contributed by atoms with E-state index < -0.39 is 0 Å². The van der Waals surface area contributed by atoms with Crippen molar-refractivity contribution >= 4 is 35.2 Å². The lowest BCUT2D eigenvalue weighted by Gasteiger charge is -2.19. The largest absolute Gasteiger partial charge is 0.356 e. The molecular formula is C16H20ClN5OS. The van der Waals surface area contributed by atoms with Gasteiger partial charge in [-0.15, -0.1) is 10.2 Å². The van der Waals surface area contributed by atoms with Gasteiger partial charge in [-0.05, 0) is 31.9 Å². The fraction of sp³-hybridized carbons (Fsp3) is 0.438. The lowest BCUT2D eigenvalue weighted by Crippen LogP contribution is -2.25. The predicted octanol–water partition coefficient (Wildman–Crippen LogP) is 2.75. The van der Waals surface area contributed by atoms with Crippen molar-refractivity contribution in [2.24, 2.45) is 0 Å². The van der Waals surface area contributed by atoms with E-state index in [1.165, 1.54) is 11.8 Å². The van der Waals surface area contributed by atoms with E-state index in [0.717, 1.165) is 37.6 Å². The minimum Gasteiger partial charge on any atom is -0.356 e. The number of nitrogens with zero attached hydrogens (tertiary/aromatic N) is 4. The first-order valence-electron chi connectivity index (χ1n) is 8.05. The number of aromatic nitrogens is 3. The van der Waals surface area contributed by atoms with Crippen LogP contribution in [-0.4, -0.2) is 46.1 Å². The van der Waals surface area contributed by atoms with Gasteiger partial charge in [0.2, 0.25) is 11.9 Å². The summed E-state index contributed by atoms with van der Waals surface area (Å²) in [6.07, 6.45) is 2.30. The highest BCUT2D eigenvalue weighted by Crippen LogP contribution is 2.31. The molecule has 128 valence electrons. The number of hydrogen-bond acceptors (Lipinski definition) is 5. The van der Waals surface area contributed by atoms with E-state index >= 15 is 0 Å². The molecule has 0 bridgehead atoms. The van der Waals surface area contributed by atoms with E-state index in [1.807, 2.05) is 35.8 Å². The fourth-order valence-electron chi connectivity index (χ4n) is 2.70. The first-order valence-corrected chi connectivity index (χ1v) is 9.42. The van der Waals surface area contributed by atoms with Gasteiger partial charge in [0, 0.05) is 19.6 Å². The van der Waals surface area contributed by atoms with E-state index in [2.05, 4.69) is 20.4 Å². The lowest BCUT2D eigenvalue weighted by molar-refractivity contribution is -0.118. The van der Waals surface area contributed by atoms with Crippen LogP contribution >= 0.6 is 23.4 Å². The minimum absolute atomic E-state index is 0.0149. The molecule has 2 aromatic rings. The van der Waals surface area contributed by atoms with Crippen LogP contribution < -0.4 is 10.2 Å². The first-order chi connectivity index (χ1) is 11.7. The Morgan fingerprint density at radius 1 is 1.29 bits per heavy atom. The average molecular weight is 366 g/mol. The molecule has 1 amide bonds. The topological polar surface area (TPSA) is 63.1 Å². The molecule has 6 nitrogen and oxygen atoms in total. The number of anilines is 1. The van der Waals surface area contributed by atoms with Crippen LogP contribution in [0, 0.1) is 0 Å². The number of rotatable bonds is 6. The molecule has 1 aromatic heterocycles. The second-order valence-corrected chi connectivity index (χ2v) is 6.86. The summed E-state index contributed by atoms with van der Waals surface area (Å²) in [5.74, 6) is 1.08. The van der Waals surface area contributed by atoms with Gasteiger partial charge in [-0.3, -0.25) is 9.36 Å². The Morgan fingerprint density at radius 2 is 2.04 bits per heavy atom. The predicted molar refractivity (Wildman–Crippen MR) is 97.2 cm³/mol. The summed E-state index contributed by atoms with van der Waals surface area (Å²) in [6, 6.07) is 7.63. The maximum atomic E-state index is 11.8. The van der Waals surface area contributed by atoms with Crippen molar-refractivity contribution in [3.05, 3.63) is 29.3 Å². The molecule has 24 heavy (non-hydrogen) atoms. The zero-order valence-corrected chi connectivity index (χ0v) is 15.1. The maximum Gasteiger partial charge on any atom is 0.232 e. The van der Waals surface area contributed by atoms with Gasteiger partial charge in [-0.25, -0.2) is 0 Å². The van der Waals surface area contributed by atoms with Crippen molar-refractivity contribution in [1.82, 2.24) is 20.1 Å². The molecule has 2 heterocycles. The summed E-state index contributed by atoms with van der Waals surface area (Å²) >= 11 is 7.77. The molecule has 0 aliphatic carbocycles. The third kappa shape index (κ3) is 3.67. The average Bonchev–Trinajstić information content (AvgIpc) is 3.23. The number of amides is 1. The van der Waals surface area contributed by atoms with E-state index in [0.29, 0.717) is 22.5 Å². The third-order valence-corrected chi connectivity index (χ3v) is 5.05. The second-order valence-electron chi connectivity index (χ2n) is 5.51. The summed E-state index contributed by atoms with van der Waals surface area (Å²) in [5, 5.41) is 12.8. The van der Waals surface area contributed by atoms with Crippen LogP contribution in [0.25, 0.3) is 5.69 Å². The molecule has 0 unspecified atom stereocenters. The molecular weight excluding hydrogens is 346 g/mol. The Labute approximate surface area is 150 Å². The zero-order chi connectivity index (χ0) is 16.9. The molecule has 1 aliphatic rings. The molecule has 0 radical (unpaired) electrons. The molecule has 1 aliphatic heterocycles. The van der Waals surface area contributed by atoms with Crippen molar-refractivity contribution in [2.45, 2.75) is 24.9 Å². The summed E-state index contributed by atoms with van der Waals surface area (Å²) < 4.78 is 1.96. The number of halogens is 1. The van der Waals surface area contributed by atoms with Crippen LogP contribution in [0.5, 0.6) is 0 Å². The quantitative estimate of drug-likeness (QED) is 0.797. The molecule has 1 fully saturated rings. The number of para-hydroxylation sites is 1. The third-order valence-electron chi connectivity index (χ3n) is 3.80. The molecule has 0 spiro atoms. The normalized spacial score (nSPS) is 14.2. The Balaban J connectivity index is 1.94. The van der Waals surface area contributed by atoms with Gasteiger partial charge in [0.1, 0.15) is 0 Å². The van der Waals surface area contributed by atoms with E-state index in [4.69, 9.17) is 11.6 Å². The van der Waals surface area contributed by atoms with Gasteiger partial charge in [-0.2, -0.15) is 0 Å². The van der Waals surface area contributed by atoms with E-state index in [-0.39, 0.29) is 5.91 Å². The van der Waals surface area contributed by atoms with Crippen LogP contribution in [0.15, 0.2) is 29.4 Å². The number of hydrogen-bond donors (Lipinski definition) is 1. The van der Waals surface area contributed by atoms with Gasteiger partial charge < -0.3 is 10.2 Å². The Hall–Kier alpha value is -1.73. The van der Waals surface area contributed by atoms with Crippen LogP contribution in [0.1, 0.15) is 19.8 Å². The number of thioether (sulfide) groups is 1. The van der Waals surface area contributed by atoms with Gasteiger partial charge in [0.05, 0.1) is 16.5 Å². The highest BCUT2D eigenvalue weighted by molar-refractivity contribution is 7.99. The van der Waals surface area contributed by atoms with Gasteiger partial charge in [0.25, 0.3) is 0 Å². The smallest absolute Gasteiger partial charge is 0.232 e. The molecule has 0 atom stereocenters. The Kier molecular flexibility index (Phi) is 5.63. The summed E-state index contributed by atoms with van der Waals surface area (Å²) in [7, 11) is 0. The Morgan fingerprint density at radius 3 is 2.75 bits per heavy atom.